The largest absolute Gasteiger partial charge is 0.383 e. The molecular formula is C12H18ClNOS. The summed E-state index contributed by atoms with van der Waals surface area (Å²) in [7, 11) is 1.76. The Hall–Kier alpha value is -0.0900. The maximum absolute atomic E-state index is 6.04. The van der Waals surface area contributed by atoms with Crippen molar-refractivity contribution in [3.8, 4) is 0 Å². The minimum Gasteiger partial charge on any atom is -0.383 e. The maximum atomic E-state index is 6.04. The van der Waals surface area contributed by atoms with Gasteiger partial charge in [-0.05, 0) is 30.9 Å². The van der Waals surface area contributed by atoms with Crippen LogP contribution in [0.15, 0.2) is 6.07 Å². The zero-order valence-electron chi connectivity index (χ0n) is 9.75. The summed E-state index contributed by atoms with van der Waals surface area (Å²) in [5.74, 6) is 0. The van der Waals surface area contributed by atoms with E-state index in [1.807, 2.05) is 0 Å². The fourth-order valence-corrected chi connectivity index (χ4v) is 3.63. The molecule has 0 spiro atoms. The summed E-state index contributed by atoms with van der Waals surface area (Å²) in [4.78, 5) is 1.45. The predicted octanol–water partition coefficient (Wildman–Crippen LogP) is 3.40. The molecule has 2 unspecified atom stereocenters. The molecule has 2 atom stereocenters. The zero-order chi connectivity index (χ0) is 11.5. The van der Waals surface area contributed by atoms with Gasteiger partial charge in [0.2, 0.25) is 0 Å². The summed E-state index contributed by atoms with van der Waals surface area (Å²) >= 11 is 7.76. The van der Waals surface area contributed by atoms with Gasteiger partial charge in [-0.3, -0.25) is 0 Å². The zero-order valence-corrected chi connectivity index (χ0v) is 11.3. The molecule has 0 saturated carbocycles. The van der Waals surface area contributed by atoms with Crippen LogP contribution in [0.4, 0.5) is 0 Å². The van der Waals surface area contributed by atoms with Gasteiger partial charge in [0.05, 0.1) is 10.9 Å². The molecule has 1 aliphatic carbocycles. The third-order valence-corrected chi connectivity index (χ3v) is 4.48. The number of methoxy groups -OCH3 is 1. The van der Waals surface area contributed by atoms with Crippen molar-refractivity contribution in [2.24, 2.45) is 0 Å². The normalized spacial score (nSPS) is 21.1. The van der Waals surface area contributed by atoms with Crippen LogP contribution in [-0.2, 0) is 11.2 Å². The van der Waals surface area contributed by atoms with E-state index in [1.54, 1.807) is 18.4 Å². The lowest BCUT2D eigenvalue weighted by Crippen LogP contribution is -2.34. The van der Waals surface area contributed by atoms with Gasteiger partial charge in [0.25, 0.3) is 0 Å². The van der Waals surface area contributed by atoms with Gasteiger partial charge in [-0.2, -0.15) is 0 Å². The molecule has 0 aliphatic heterocycles. The lowest BCUT2D eigenvalue weighted by Gasteiger charge is -2.21. The first-order valence-corrected chi connectivity index (χ1v) is 6.97. The third-order valence-electron chi connectivity index (χ3n) is 3.14. The highest BCUT2D eigenvalue weighted by Crippen LogP contribution is 2.39. The minimum atomic E-state index is 0.444. The summed E-state index contributed by atoms with van der Waals surface area (Å²) in [6.45, 7) is 2.97. The van der Waals surface area contributed by atoms with Crippen molar-refractivity contribution in [1.29, 1.82) is 0 Å². The van der Waals surface area contributed by atoms with Crippen LogP contribution in [0.3, 0.4) is 0 Å². The molecule has 1 N–H and O–H groups in total. The second-order valence-corrected chi connectivity index (χ2v) is 6.02. The van der Waals surface area contributed by atoms with Gasteiger partial charge in [0.15, 0.2) is 0 Å². The molecule has 1 heterocycles. The molecule has 0 saturated heterocycles. The van der Waals surface area contributed by atoms with Gasteiger partial charge < -0.3 is 10.1 Å². The highest BCUT2D eigenvalue weighted by Gasteiger charge is 2.26. The molecule has 2 nitrogen and oxygen atoms in total. The van der Waals surface area contributed by atoms with Crippen molar-refractivity contribution >= 4 is 22.9 Å². The third kappa shape index (κ3) is 2.59. The summed E-state index contributed by atoms with van der Waals surface area (Å²) in [6, 6.07) is 3.03. The highest BCUT2D eigenvalue weighted by atomic mass is 35.5. The molecule has 0 amide bonds. The number of ether oxygens (including phenoxy) is 1. The van der Waals surface area contributed by atoms with Gasteiger partial charge >= 0.3 is 0 Å². The molecule has 1 aromatic rings. The van der Waals surface area contributed by atoms with E-state index in [4.69, 9.17) is 16.3 Å². The Bertz CT molecular complexity index is 353. The first-order valence-electron chi connectivity index (χ1n) is 5.77. The van der Waals surface area contributed by atoms with Gasteiger partial charge in [0, 0.05) is 24.1 Å². The number of hydrogen-bond acceptors (Lipinski definition) is 3. The molecule has 0 radical (unpaired) electrons. The van der Waals surface area contributed by atoms with Gasteiger partial charge in [-0.25, -0.2) is 0 Å². The predicted molar refractivity (Wildman–Crippen MR) is 69.5 cm³/mol. The summed E-state index contributed by atoms with van der Waals surface area (Å²) in [5, 5.41) is 3.66. The van der Waals surface area contributed by atoms with E-state index in [-0.39, 0.29) is 0 Å². The Kier molecular flexibility index (Phi) is 4.25. The number of fused-ring (bicyclic) bond motifs is 1. The monoisotopic (exact) mass is 259 g/mol. The second-order valence-electron chi connectivity index (χ2n) is 4.25. The quantitative estimate of drug-likeness (QED) is 0.875. The highest BCUT2D eigenvalue weighted by molar-refractivity contribution is 7.16. The molecule has 0 bridgehead atoms. The van der Waals surface area contributed by atoms with E-state index in [9.17, 15) is 0 Å². The number of halogens is 1. The summed E-state index contributed by atoms with van der Waals surface area (Å²) in [6.07, 6.45) is 3.45. The Morgan fingerprint density at radius 3 is 3.19 bits per heavy atom. The molecule has 90 valence electrons. The minimum absolute atomic E-state index is 0.444. The molecule has 1 aliphatic rings. The van der Waals surface area contributed by atoms with Crippen LogP contribution in [-0.4, -0.2) is 19.8 Å². The smallest absolute Gasteiger partial charge is 0.0934 e. The number of rotatable bonds is 5. The van der Waals surface area contributed by atoms with E-state index in [0.29, 0.717) is 12.1 Å². The number of aryl methyl sites for hydroxylation is 1. The van der Waals surface area contributed by atoms with Crippen molar-refractivity contribution in [1.82, 2.24) is 5.32 Å². The van der Waals surface area contributed by atoms with Gasteiger partial charge in [0.1, 0.15) is 0 Å². The Morgan fingerprint density at radius 2 is 2.50 bits per heavy atom. The van der Waals surface area contributed by atoms with Crippen molar-refractivity contribution in [3.05, 3.63) is 20.8 Å². The second kappa shape index (κ2) is 5.50. The lowest BCUT2D eigenvalue weighted by molar-refractivity contribution is 0.158. The summed E-state index contributed by atoms with van der Waals surface area (Å²) in [5.41, 5.74) is 1.41. The van der Waals surface area contributed by atoms with Crippen molar-refractivity contribution in [2.75, 3.05) is 13.7 Å². The van der Waals surface area contributed by atoms with Crippen LogP contribution >= 0.6 is 22.9 Å². The van der Waals surface area contributed by atoms with E-state index in [0.717, 1.165) is 23.8 Å². The van der Waals surface area contributed by atoms with E-state index < -0.39 is 0 Å². The fraction of sp³-hybridized carbons (Fsp3) is 0.667. The van der Waals surface area contributed by atoms with E-state index in [2.05, 4.69) is 18.3 Å². The number of hydrogen-bond donors (Lipinski definition) is 1. The fourth-order valence-electron chi connectivity index (χ4n) is 2.27. The van der Waals surface area contributed by atoms with Crippen LogP contribution in [0.25, 0.3) is 0 Å². The van der Waals surface area contributed by atoms with Crippen molar-refractivity contribution in [3.63, 3.8) is 0 Å². The number of nitrogens with one attached hydrogen (secondary N) is 1. The molecule has 2 rings (SSSR count). The van der Waals surface area contributed by atoms with Gasteiger partial charge in [-0.1, -0.05) is 18.5 Å². The summed E-state index contributed by atoms with van der Waals surface area (Å²) < 4.78 is 6.13. The standard InChI is InChI=1S/C12H18ClNOS/c1-3-8(7-15-2)14-10-4-5-11-9(10)6-12(13)16-11/h6,8,10,14H,3-5,7H2,1-2H3. The van der Waals surface area contributed by atoms with Crippen LogP contribution in [0.5, 0.6) is 0 Å². The molecular weight excluding hydrogens is 242 g/mol. The van der Waals surface area contributed by atoms with Crippen LogP contribution in [0, 0.1) is 0 Å². The van der Waals surface area contributed by atoms with Crippen LogP contribution in [0.2, 0.25) is 4.34 Å². The average molecular weight is 260 g/mol. The van der Waals surface area contributed by atoms with Gasteiger partial charge in [-0.15, -0.1) is 11.3 Å². The molecule has 16 heavy (non-hydrogen) atoms. The Morgan fingerprint density at radius 1 is 1.69 bits per heavy atom. The Balaban J connectivity index is 2.01. The Labute approximate surface area is 106 Å². The van der Waals surface area contributed by atoms with Crippen molar-refractivity contribution < 1.29 is 4.74 Å². The SMILES string of the molecule is CCC(COC)NC1CCc2sc(Cl)cc21. The molecule has 0 aromatic carbocycles. The maximum Gasteiger partial charge on any atom is 0.0934 e. The molecule has 4 heteroatoms. The number of thiophene rings is 1. The van der Waals surface area contributed by atoms with E-state index in [1.165, 1.54) is 16.9 Å². The molecule has 0 fully saturated rings. The lowest BCUT2D eigenvalue weighted by atomic mass is 10.1. The first-order chi connectivity index (χ1) is 7.74. The average Bonchev–Trinajstić information content (AvgIpc) is 2.78. The van der Waals surface area contributed by atoms with E-state index >= 15 is 0 Å². The van der Waals surface area contributed by atoms with Crippen molar-refractivity contribution in [2.45, 2.75) is 38.3 Å². The first kappa shape index (κ1) is 12.4. The van der Waals surface area contributed by atoms with Crippen LogP contribution < -0.4 is 5.32 Å². The topological polar surface area (TPSA) is 21.3 Å². The molecule has 1 aromatic heterocycles. The van der Waals surface area contributed by atoms with Crippen LogP contribution in [0.1, 0.15) is 36.2 Å².